The van der Waals surface area contributed by atoms with E-state index in [1.807, 2.05) is 49.4 Å². The largest absolute Gasteiger partial charge is 0.347 e. The summed E-state index contributed by atoms with van der Waals surface area (Å²) in [6.45, 7) is 2.87. The number of halogens is 1. The molecule has 0 saturated heterocycles. The monoisotopic (exact) mass is 400 g/mol. The molecule has 5 nitrogen and oxygen atoms in total. The van der Waals surface area contributed by atoms with Gasteiger partial charge in [-0.1, -0.05) is 30.3 Å². The van der Waals surface area contributed by atoms with Gasteiger partial charge in [0.1, 0.15) is 17.2 Å². The molecule has 4 rings (SSSR count). The Kier molecular flexibility index (Phi) is 5.66. The van der Waals surface area contributed by atoms with Crippen LogP contribution in [0.5, 0.6) is 0 Å². The first-order valence-corrected chi connectivity index (χ1v) is 9.76. The number of nitrogens with one attached hydrogen (secondary N) is 1. The zero-order chi connectivity index (χ0) is 20.9. The van der Waals surface area contributed by atoms with Gasteiger partial charge in [-0.05, 0) is 54.4 Å². The normalized spacial score (nSPS) is 10.7. The van der Waals surface area contributed by atoms with Crippen molar-refractivity contribution >= 4 is 5.91 Å². The van der Waals surface area contributed by atoms with Crippen LogP contribution in [0.1, 0.15) is 23.0 Å². The number of nitrogens with zero attached hydrogens (tertiary/aromatic N) is 3. The summed E-state index contributed by atoms with van der Waals surface area (Å²) in [4.78, 5) is 17.3. The van der Waals surface area contributed by atoms with Gasteiger partial charge in [-0.2, -0.15) is 5.10 Å². The van der Waals surface area contributed by atoms with Crippen LogP contribution >= 0.6 is 0 Å². The molecule has 0 saturated carbocycles. The fourth-order valence-electron chi connectivity index (χ4n) is 3.39. The number of rotatable bonds is 6. The molecule has 0 fully saturated rings. The molecule has 0 aliphatic heterocycles. The highest BCUT2D eigenvalue weighted by Gasteiger charge is 2.25. The van der Waals surface area contributed by atoms with Gasteiger partial charge in [-0.3, -0.25) is 14.5 Å². The Morgan fingerprint density at radius 2 is 1.67 bits per heavy atom. The summed E-state index contributed by atoms with van der Waals surface area (Å²) in [5.41, 5.74) is 4.39. The van der Waals surface area contributed by atoms with Crippen molar-refractivity contribution in [1.29, 1.82) is 0 Å². The van der Waals surface area contributed by atoms with Gasteiger partial charge in [0.25, 0.3) is 5.91 Å². The molecule has 2 aromatic heterocycles. The predicted octanol–water partition coefficient (Wildman–Crippen LogP) is 4.70. The summed E-state index contributed by atoms with van der Waals surface area (Å²) in [6, 6.07) is 19.6. The number of hydrogen-bond donors (Lipinski definition) is 1. The Labute approximate surface area is 174 Å². The SMILES string of the molecule is CCn1nc(-c2ccc(F)cc2)c(-c2ccncc2)c1C(=O)NCc1ccccc1. The van der Waals surface area contributed by atoms with Gasteiger partial charge in [0.2, 0.25) is 0 Å². The van der Waals surface area contributed by atoms with E-state index in [4.69, 9.17) is 5.10 Å². The third-order valence-corrected chi connectivity index (χ3v) is 4.85. The topological polar surface area (TPSA) is 59.8 Å². The minimum atomic E-state index is -0.319. The minimum Gasteiger partial charge on any atom is -0.347 e. The first kappa shape index (κ1) is 19.5. The van der Waals surface area contributed by atoms with Crippen molar-refractivity contribution in [2.45, 2.75) is 20.0 Å². The quantitative estimate of drug-likeness (QED) is 0.510. The van der Waals surface area contributed by atoms with E-state index in [0.29, 0.717) is 30.0 Å². The fraction of sp³-hybridized carbons (Fsp3) is 0.125. The van der Waals surface area contributed by atoms with Gasteiger partial charge in [0, 0.05) is 36.6 Å². The molecule has 6 heteroatoms. The van der Waals surface area contributed by atoms with Crippen LogP contribution in [-0.2, 0) is 13.1 Å². The van der Waals surface area contributed by atoms with E-state index in [1.54, 1.807) is 29.2 Å². The van der Waals surface area contributed by atoms with Crippen molar-refractivity contribution in [1.82, 2.24) is 20.1 Å². The number of benzene rings is 2. The second-order valence-corrected chi connectivity index (χ2v) is 6.80. The summed E-state index contributed by atoms with van der Waals surface area (Å²) in [5, 5.41) is 7.69. The summed E-state index contributed by atoms with van der Waals surface area (Å²) < 4.78 is 15.2. The maximum Gasteiger partial charge on any atom is 0.270 e. The van der Waals surface area contributed by atoms with E-state index in [1.165, 1.54) is 12.1 Å². The highest BCUT2D eigenvalue weighted by Crippen LogP contribution is 2.34. The van der Waals surface area contributed by atoms with Gasteiger partial charge >= 0.3 is 0 Å². The average molecular weight is 400 g/mol. The molecule has 0 spiro atoms. The number of amides is 1. The summed E-state index contributed by atoms with van der Waals surface area (Å²) in [6.07, 6.45) is 3.36. The van der Waals surface area contributed by atoms with Crippen molar-refractivity contribution < 1.29 is 9.18 Å². The van der Waals surface area contributed by atoms with Crippen LogP contribution in [0.4, 0.5) is 4.39 Å². The Morgan fingerprint density at radius 3 is 2.33 bits per heavy atom. The number of carbonyl (C=O) groups excluding carboxylic acids is 1. The molecule has 0 bridgehead atoms. The Morgan fingerprint density at radius 1 is 0.967 bits per heavy atom. The van der Waals surface area contributed by atoms with Crippen LogP contribution < -0.4 is 5.32 Å². The zero-order valence-corrected chi connectivity index (χ0v) is 16.5. The second-order valence-electron chi connectivity index (χ2n) is 6.80. The van der Waals surface area contributed by atoms with Gasteiger partial charge in [0.15, 0.2) is 0 Å². The molecule has 0 unspecified atom stereocenters. The van der Waals surface area contributed by atoms with Crippen LogP contribution in [0.15, 0.2) is 79.1 Å². The first-order chi connectivity index (χ1) is 14.7. The molecule has 4 aromatic rings. The number of pyridine rings is 1. The van der Waals surface area contributed by atoms with E-state index in [9.17, 15) is 9.18 Å². The van der Waals surface area contributed by atoms with Crippen molar-refractivity contribution in [3.8, 4) is 22.4 Å². The third kappa shape index (κ3) is 3.98. The van der Waals surface area contributed by atoms with E-state index in [0.717, 1.165) is 16.7 Å². The highest BCUT2D eigenvalue weighted by molar-refractivity contribution is 6.03. The van der Waals surface area contributed by atoms with E-state index in [2.05, 4.69) is 10.3 Å². The van der Waals surface area contributed by atoms with Crippen molar-refractivity contribution in [3.63, 3.8) is 0 Å². The Bertz CT molecular complexity index is 1140. The van der Waals surface area contributed by atoms with E-state index >= 15 is 0 Å². The number of hydrogen-bond acceptors (Lipinski definition) is 3. The van der Waals surface area contributed by atoms with E-state index in [-0.39, 0.29) is 11.7 Å². The molecule has 30 heavy (non-hydrogen) atoms. The molecule has 150 valence electrons. The van der Waals surface area contributed by atoms with Gasteiger partial charge < -0.3 is 5.32 Å². The lowest BCUT2D eigenvalue weighted by Crippen LogP contribution is -2.26. The smallest absolute Gasteiger partial charge is 0.270 e. The lowest BCUT2D eigenvalue weighted by Gasteiger charge is -2.10. The van der Waals surface area contributed by atoms with Crippen LogP contribution in [0.2, 0.25) is 0 Å². The third-order valence-electron chi connectivity index (χ3n) is 4.85. The number of aryl methyl sites for hydroxylation is 1. The maximum atomic E-state index is 13.5. The highest BCUT2D eigenvalue weighted by atomic mass is 19.1. The zero-order valence-electron chi connectivity index (χ0n) is 16.5. The molecule has 1 N–H and O–H groups in total. The lowest BCUT2D eigenvalue weighted by molar-refractivity contribution is 0.0941. The van der Waals surface area contributed by atoms with Gasteiger partial charge in [-0.15, -0.1) is 0 Å². The average Bonchev–Trinajstić information content (AvgIpc) is 3.19. The molecule has 0 aliphatic rings. The van der Waals surface area contributed by atoms with Crippen LogP contribution in [0.3, 0.4) is 0 Å². The van der Waals surface area contributed by atoms with Crippen molar-refractivity contribution in [2.24, 2.45) is 0 Å². The lowest BCUT2D eigenvalue weighted by atomic mass is 9.99. The number of carbonyl (C=O) groups is 1. The minimum absolute atomic E-state index is 0.214. The van der Waals surface area contributed by atoms with Gasteiger partial charge in [0.05, 0.1) is 0 Å². The summed E-state index contributed by atoms with van der Waals surface area (Å²) >= 11 is 0. The van der Waals surface area contributed by atoms with Crippen LogP contribution in [0, 0.1) is 5.82 Å². The molecule has 0 aliphatic carbocycles. The first-order valence-electron chi connectivity index (χ1n) is 9.76. The van der Waals surface area contributed by atoms with Gasteiger partial charge in [-0.25, -0.2) is 4.39 Å². The Hall–Kier alpha value is -3.80. The maximum absolute atomic E-state index is 13.5. The van der Waals surface area contributed by atoms with Crippen molar-refractivity contribution in [2.75, 3.05) is 0 Å². The Balaban J connectivity index is 1.80. The van der Waals surface area contributed by atoms with Crippen molar-refractivity contribution in [3.05, 3.63) is 96.2 Å². The molecule has 0 atom stereocenters. The van der Waals surface area contributed by atoms with Crippen LogP contribution in [0.25, 0.3) is 22.4 Å². The molecule has 0 radical (unpaired) electrons. The molecular formula is C24H21FN4O. The second kappa shape index (κ2) is 8.69. The number of aromatic nitrogens is 3. The van der Waals surface area contributed by atoms with E-state index < -0.39 is 0 Å². The molecule has 2 heterocycles. The summed E-state index contributed by atoms with van der Waals surface area (Å²) in [5.74, 6) is -0.534. The fourth-order valence-corrected chi connectivity index (χ4v) is 3.39. The standard InChI is InChI=1S/C24H21FN4O/c1-2-29-23(24(30)27-16-17-6-4-3-5-7-17)21(18-12-14-26-15-13-18)22(28-29)19-8-10-20(25)11-9-19/h3-15H,2,16H2,1H3,(H,27,30). The molecular weight excluding hydrogens is 379 g/mol. The summed E-state index contributed by atoms with van der Waals surface area (Å²) in [7, 11) is 0. The molecule has 2 aromatic carbocycles. The van der Waals surface area contributed by atoms with Crippen LogP contribution in [-0.4, -0.2) is 20.7 Å². The predicted molar refractivity (Wildman–Crippen MR) is 114 cm³/mol. The molecule has 1 amide bonds.